The molecule has 2 aromatic rings. The molecule has 2 aromatic carbocycles. The van der Waals surface area contributed by atoms with Gasteiger partial charge in [0.25, 0.3) is 5.91 Å². The van der Waals surface area contributed by atoms with Crippen LogP contribution in [0.1, 0.15) is 122 Å². The van der Waals surface area contributed by atoms with E-state index in [1.807, 2.05) is 13.0 Å². The molecule has 0 saturated carbocycles. The lowest BCUT2D eigenvalue weighted by molar-refractivity contribution is -0.158. The highest BCUT2D eigenvalue weighted by Crippen LogP contribution is 2.49. The predicted octanol–water partition coefficient (Wildman–Crippen LogP) is 7.33. The number of benzene rings is 2. The van der Waals surface area contributed by atoms with Gasteiger partial charge in [0.2, 0.25) is 23.6 Å². The van der Waals surface area contributed by atoms with Gasteiger partial charge in [0, 0.05) is 63.1 Å². The predicted molar refractivity (Wildman–Crippen MR) is 335 cm³/mol. The first-order valence-corrected chi connectivity index (χ1v) is 30.9. The summed E-state index contributed by atoms with van der Waals surface area (Å²) in [7, 11) is 5.70. The normalized spacial score (nSPS) is 23.6. The molecule has 3 heterocycles. The minimum Gasteiger partial charge on any atom is -0.495 e. The summed E-state index contributed by atoms with van der Waals surface area (Å²) in [5, 5.41) is 24.9. The van der Waals surface area contributed by atoms with Crippen LogP contribution in [0.3, 0.4) is 0 Å². The Morgan fingerprint density at radius 3 is 2.35 bits per heavy atom. The number of carbonyl (C=O) groups excluding carboxylic acids is 9. The van der Waals surface area contributed by atoms with Crippen LogP contribution in [0.2, 0.25) is 10.0 Å². The quantitative estimate of drug-likeness (QED) is 0.0143. The number of nitrogens with zero attached hydrogens (tertiary/aromatic N) is 2. The summed E-state index contributed by atoms with van der Waals surface area (Å²) in [6, 6.07) is 4.20. The number of rotatable bonds is 23. The fourth-order valence-electron chi connectivity index (χ4n) is 9.76. The lowest BCUT2D eigenvalue weighted by atomic mass is 9.83. The summed E-state index contributed by atoms with van der Waals surface area (Å²) >= 11 is 16.7. The van der Waals surface area contributed by atoms with Crippen LogP contribution in [0.4, 0.5) is 21.0 Å². The minimum atomic E-state index is -1.92. The second-order valence-electron chi connectivity index (χ2n) is 22.2. The number of halogens is 3. The number of nitrogens with one attached hydrogen (secondary N) is 5. The number of fused-ring (bicyclic) bond motifs is 5. The molecule has 27 heteroatoms. The molecule has 0 aromatic heterocycles. The lowest BCUT2D eigenvalue weighted by Gasteiger charge is -2.42. The first-order chi connectivity index (χ1) is 41.5. The molecule has 10 atom stereocenters. The Morgan fingerprint density at radius 2 is 1.72 bits per heavy atom. The minimum absolute atomic E-state index is 0.0256. The summed E-state index contributed by atoms with van der Waals surface area (Å²) in [6.07, 6.45) is 2.61. The van der Waals surface area contributed by atoms with Crippen molar-refractivity contribution in [1.82, 2.24) is 26.2 Å². The maximum Gasteiger partial charge on any atom is 0.409 e. The molecule has 5 rings (SSSR count). The van der Waals surface area contributed by atoms with Crippen molar-refractivity contribution in [2.75, 3.05) is 57.0 Å². The number of carbonyl (C=O) groups is 9. The van der Waals surface area contributed by atoms with Gasteiger partial charge < -0.3 is 70.3 Å². The Bertz CT molecular complexity index is 2930. The topological polar surface area (TPSA) is 325 Å². The number of urea groups is 1. The second-order valence-corrected chi connectivity index (χ2v) is 23.6. The van der Waals surface area contributed by atoms with E-state index in [0.717, 1.165) is 16.0 Å². The number of epoxide rings is 1. The molecule has 2 saturated heterocycles. The van der Waals surface area contributed by atoms with Gasteiger partial charge in [-0.25, -0.2) is 19.2 Å². The number of unbranched alkanes of at least 4 members (excludes halogenated alkanes) is 1. The molecule has 24 nitrogen and oxygen atoms in total. The van der Waals surface area contributed by atoms with Gasteiger partial charge in [-0.05, 0) is 102 Å². The van der Waals surface area contributed by atoms with Crippen molar-refractivity contribution in [2.24, 2.45) is 11.7 Å². The Hall–Kier alpha value is -6.77. The number of ether oxygens (including phenoxy) is 6. The van der Waals surface area contributed by atoms with Crippen molar-refractivity contribution in [1.29, 1.82) is 0 Å². The number of esters is 2. The lowest BCUT2D eigenvalue weighted by Crippen LogP contribution is -2.63. The number of aliphatic hydroxyl groups is 1. The molecule has 0 aliphatic carbocycles. The molecule has 3 aliphatic rings. The number of anilines is 2. The third-order valence-corrected chi connectivity index (χ3v) is 16.4. The SMILES string of the molecule is C=C(CBr)C(=O)OC(C)CCCCC(=O)NCC(=O)NC(CCCNC(N)=O)C(=O)Nc1ccc(C(=O)N(C)[C@@H](C)C(=O)O[C@H]2CC(=O)N(C)c3cc(cc(OC)c3Cl)C/C(C)=C/C=C/[C@@H](OC)[C@@]3(O)CC(OC(=O)N3)[C@@H](C)C3O[C@]32C)c(Cl)c1.CCC. The van der Waals surface area contributed by atoms with Gasteiger partial charge in [-0.2, -0.15) is 0 Å². The first kappa shape index (κ1) is 73.7. The molecule has 4 unspecified atom stereocenters. The van der Waals surface area contributed by atoms with E-state index in [4.69, 9.17) is 57.4 Å². The summed E-state index contributed by atoms with van der Waals surface area (Å²) in [6.45, 7) is 15.9. The van der Waals surface area contributed by atoms with Gasteiger partial charge in [0.05, 0.1) is 48.6 Å². The molecule has 4 bridgehead atoms. The molecule has 0 spiro atoms. The van der Waals surface area contributed by atoms with E-state index in [-0.39, 0.29) is 64.4 Å². The van der Waals surface area contributed by atoms with Gasteiger partial charge in [-0.3, -0.25) is 29.3 Å². The van der Waals surface area contributed by atoms with Crippen molar-refractivity contribution < 1.29 is 76.7 Å². The van der Waals surface area contributed by atoms with Gasteiger partial charge >= 0.3 is 24.1 Å². The van der Waals surface area contributed by atoms with Gasteiger partial charge in [-0.15, -0.1) is 0 Å². The Balaban J connectivity index is 0.00000540. The highest BCUT2D eigenvalue weighted by molar-refractivity contribution is 9.09. The molecule has 2 fully saturated rings. The van der Waals surface area contributed by atoms with E-state index in [1.54, 1.807) is 45.1 Å². The smallest absolute Gasteiger partial charge is 0.409 e. The Morgan fingerprint density at radius 1 is 1.02 bits per heavy atom. The number of hydrogen-bond acceptors (Lipinski definition) is 16. The average Bonchev–Trinajstić information content (AvgIpc) is 2.84. The van der Waals surface area contributed by atoms with Crippen LogP contribution in [0, 0.1) is 5.92 Å². The van der Waals surface area contributed by atoms with Gasteiger partial charge in [-0.1, -0.05) is 96.7 Å². The highest BCUT2D eigenvalue weighted by Gasteiger charge is 2.64. The standard InChI is InChI=1S/C58H77BrCl2N8O16.C3H8/c1-31-15-13-18-44(81-10)58(79)28-43(83-56(78)67-58)34(4)50-57(6,85-50)45(27-48(72)69(8)41-24-36(23-31)25-42(80-9)49(41)61)84-54(76)35(5)68(7)52(74)38-21-20-37(26-39(38)60)65-51(73)40(17-14-22-63-55(62)77)66-47(71)30-64-46(70)19-12-11-16-33(3)82-53(75)32(2)29-59;1-3-2/h13,15,18,20-21,24-26,33-35,40,43-45,50,79H,2,11-12,14,16-17,19,22-23,27-30H2,1,3-10H3,(H,64,70)(H,65,73)(H,66,71)(H,67,78)(H3,62,63,77);3H2,1-2H3/b18-13+,31-15+;/t33?,34-,35+,40?,43?,44-,45+,50?,57+,58+;/m1./s1. The van der Waals surface area contributed by atoms with E-state index in [2.05, 4.69) is 62.9 Å². The molecule has 88 heavy (non-hydrogen) atoms. The second kappa shape index (κ2) is 34.3. The molecule has 3 aliphatic heterocycles. The van der Waals surface area contributed by atoms with Gasteiger partial charge in [0.1, 0.15) is 46.8 Å². The average molecular weight is 1340 g/mol. The monoisotopic (exact) mass is 1330 g/mol. The van der Waals surface area contributed by atoms with Crippen molar-refractivity contribution in [2.45, 2.75) is 167 Å². The number of amides is 8. The highest BCUT2D eigenvalue weighted by atomic mass is 79.9. The number of nitrogens with two attached hydrogens (primary N) is 1. The van der Waals surface area contributed by atoms with Crippen LogP contribution >= 0.6 is 39.1 Å². The van der Waals surface area contributed by atoms with E-state index in [1.165, 1.54) is 64.8 Å². The third-order valence-electron chi connectivity index (χ3n) is 15.0. The third kappa shape index (κ3) is 20.9. The van der Waals surface area contributed by atoms with Crippen LogP contribution in [-0.4, -0.2) is 164 Å². The Kier molecular flexibility index (Phi) is 28.7. The van der Waals surface area contributed by atoms with E-state index in [0.29, 0.717) is 37.1 Å². The number of allylic oxidation sites excluding steroid dienone is 3. The number of likely N-dealkylation sites (N-methyl/N-ethyl adjacent to an activating group) is 1. The maximum atomic E-state index is 14.5. The summed E-state index contributed by atoms with van der Waals surface area (Å²) in [5.74, 6) is -4.87. The van der Waals surface area contributed by atoms with Gasteiger partial charge in [0.15, 0.2) is 5.72 Å². The van der Waals surface area contributed by atoms with E-state index >= 15 is 0 Å². The molecule has 8 N–H and O–H groups in total. The fourth-order valence-corrected chi connectivity index (χ4v) is 10.6. The van der Waals surface area contributed by atoms with Crippen molar-refractivity contribution in [3.63, 3.8) is 0 Å². The molecule has 8 amide bonds. The molecule has 0 radical (unpaired) electrons. The number of methoxy groups -OCH3 is 2. The van der Waals surface area contributed by atoms with Crippen LogP contribution in [0.5, 0.6) is 5.75 Å². The summed E-state index contributed by atoms with van der Waals surface area (Å²) in [4.78, 5) is 121. The van der Waals surface area contributed by atoms with E-state index in [9.17, 15) is 48.3 Å². The van der Waals surface area contributed by atoms with Crippen LogP contribution < -0.4 is 42.0 Å². The first-order valence-electron chi connectivity index (χ1n) is 29.0. The van der Waals surface area contributed by atoms with Crippen molar-refractivity contribution >= 4 is 104 Å². The zero-order chi connectivity index (χ0) is 65.8. The molecule has 486 valence electrons. The molecular weight excluding hydrogens is 1250 g/mol. The fraction of sp³-hybridized carbons (Fsp3) is 0.557. The van der Waals surface area contributed by atoms with Crippen molar-refractivity contribution in [3.8, 4) is 5.75 Å². The zero-order valence-electron chi connectivity index (χ0n) is 51.8. The Labute approximate surface area is 532 Å². The maximum absolute atomic E-state index is 14.5. The largest absolute Gasteiger partial charge is 0.495 e. The number of primary amides is 1. The number of hydrogen-bond donors (Lipinski definition) is 7. The number of alkyl halides is 1. The molecular formula is C61H85BrCl2N8O16. The van der Waals surface area contributed by atoms with Crippen LogP contribution in [0.15, 0.2) is 66.3 Å². The van der Waals surface area contributed by atoms with E-state index < -0.39 is 126 Å². The summed E-state index contributed by atoms with van der Waals surface area (Å²) in [5.41, 5.74) is 4.13. The zero-order valence-corrected chi connectivity index (χ0v) is 54.9. The van der Waals surface area contributed by atoms with Crippen LogP contribution in [0.25, 0.3) is 0 Å². The van der Waals surface area contributed by atoms with Crippen LogP contribution in [-0.2, 0) is 58.9 Å². The van der Waals surface area contributed by atoms with Crippen molar-refractivity contribution in [3.05, 3.63) is 87.5 Å². The number of alkyl carbamates (subject to hydrolysis) is 1. The summed E-state index contributed by atoms with van der Waals surface area (Å²) < 4.78 is 34.8.